The van der Waals surface area contributed by atoms with Crippen molar-refractivity contribution in [1.29, 1.82) is 0 Å². The zero-order chi connectivity index (χ0) is 19.3. The summed E-state index contributed by atoms with van der Waals surface area (Å²) in [4.78, 5) is 0. The van der Waals surface area contributed by atoms with Gasteiger partial charge in [-0.05, 0) is 55.5 Å². The SMILES string of the molecule is CCOCCOCCOCC(Oc1ccc(Br)cc1)Oc1ccc(Br)cc1. The van der Waals surface area contributed by atoms with Crippen LogP contribution in [-0.2, 0) is 14.2 Å². The Morgan fingerprint density at radius 2 is 1.11 bits per heavy atom. The number of hydrogen-bond acceptors (Lipinski definition) is 5. The van der Waals surface area contributed by atoms with Gasteiger partial charge in [-0.3, -0.25) is 0 Å². The van der Waals surface area contributed by atoms with Crippen LogP contribution in [0.2, 0.25) is 0 Å². The highest BCUT2D eigenvalue weighted by atomic mass is 79.9. The van der Waals surface area contributed by atoms with Gasteiger partial charge in [0.2, 0.25) is 0 Å². The average molecular weight is 504 g/mol. The molecular formula is C20H24Br2O5. The lowest BCUT2D eigenvalue weighted by atomic mass is 10.3. The van der Waals surface area contributed by atoms with Gasteiger partial charge in [0.05, 0.1) is 26.4 Å². The predicted octanol–water partition coefficient (Wildman–Crippen LogP) is 5.07. The molecule has 0 atom stereocenters. The molecule has 2 aromatic rings. The molecule has 2 aromatic carbocycles. The fourth-order valence-electron chi connectivity index (χ4n) is 2.08. The summed E-state index contributed by atoms with van der Waals surface area (Å²) in [6.45, 7) is 5.04. The molecule has 0 amide bonds. The number of hydrogen-bond donors (Lipinski definition) is 0. The van der Waals surface area contributed by atoms with E-state index in [4.69, 9.17) is 23.7 Å². The molecule has 0 aliphatic rings. The first-order valence-corrected chi connectivity index (χ1v) is 10.3. The Balaban J connectivity index is 1.81. The maximum absolute atomic E-state index is 5.92. The largest absolute Gasteiger partial charge is 0.452 e. The van der Waals surface area contributed by atoms with Crippen molar-refractivity contribution in [2.75, 3.05) is 39.6 Å². The van der Waals surface area contributed by atoms with Gasteiger partial charge in [0.25, 0.3) is 6.29 Å². The molecule has 0 aliphatic heterocycles. The molecule has 0 bridgehead atoms. The third-order valence-corrected chi connectivity index (χ3v) is 4.42. The van der Waals surface area contributed by atoms with Crippen LogP contribution in [-0.4, -0.2) is 45.9 Å². The number of rotatable bonds is 13. The Bertz CT molecular complexity index is 586. The molecule has 0 spiro atoms. The highest BCUT2D eigenvalue weighted by Gasteiger charge is 2.13. The lowest BCUT2D eigenvalue weighted by molar-refractivity contribution is -0.0707. The van der Waals surface area contributed by atoms with Crippen molar-refractivity contribution in [2.24, 2.45) is 0 Å². The van der Waals surface area contributed by atoms with E-state index in [1.165, 1.54) is 0 Å². The maximum atomic E-state index is 5.92. The van der Waals surface area contributed by atoms with Crippen LogP contribution in [0.15, 0.2) is 57.5 Å². The van der Waals surface area contributed by atoms with Gasteiger partial charge in [0.15, 0.2) is 0 Å². The van der Waals surface area contributed by atoms with Crippen LogP contribution in [0, 0.1) is 0 Å². The second-order valence-corrected chi connectivity index (χ2v) is 7.29. The van der Waals surface area contributed by atoms with Gasteiger partial charge in [-0.1, -0.05) is 31.9 Å². The molecule has 0 aliphatic carbocycles. The second-order valence-electron chi connectivity index (χ2n) is 5.46. The molecule has 148 valence electrons. The van der Waals surface area contributed by atoms with Crippen LogP contribution in [0.5, 0.6) is 11.5 Å². The normalized spacial score (nSPS) is 11.0. The summed E-state index contributed by atoms with van der Waals surface area (Å²) in [5, 5.41) is 0. The van der Waals surface area contributed by atoms with E-state index in [0.717, 1.165) is 8.95 Å². The summed E-state index contributed by atoms with van der Waals surface area (Å²) in [5.74, 6) is 1.41. The summed E-state index contributed by atoms with van der Waals surface area (Å²) in [5.41, 5.74) is 0. The average Bonchev–Trinajstić information content (AvgIpc) is 2.67. The highest BCUT2D eigenvalue weighted by molar-refractivity contribution is 9.10. The third kappa shape index (κ3) is 9.58. The lowest BCUT2D eigenvalue weighted by Gasteiger charge is -2.21. The molecule has 0 radical (unpaired) electrons. The summed E-state index contributed by atoms with van der Waals surface area (Å²) in [6.07, 6.45) is -0.573. The summed E-state index contributed by atoms with van der Waals surface area (Å²) in [6, 6.07) is 15.2. The van der Waals surface area contributed by atoms with E-state index >= 15 is 0 Å². The van der Waals surface area contributed by atoms with Gasteiger partial charge >= 0.3 is 0 Å². The smallest absolute Gasteiger partial charge is 0.264 e. The van der Waals surface area contributed by atoms with Crippen molar-refractivity contribution in [1.82, 2.24) is 0 Å². The van der Waals surface area contributed by atoms with Gasteiger partial charge < -0.3 is 23.7 Å². The second kappa shape index (κ2) is 13.1. The molecule has 0 saturated carbocycles. The van der Waals surface area contributed by atoms with E-state index in [1.54, 1.807) is 0 Å². The van der Waals surface area contributed by atoms with Crippen molar-refractivity contribution >= 4 is 31.9 Å². The van der Waals surface area contributed by atoms with E-state index in [1.807, 2.05) is 55.5 Å². The van der Waals surface area contributed by atoms with E-state index in [2.05, 4.69) is 31.9 Å². The zero-order valence-corrected chi connectivity index (χ0v) is 18.4. The van der Waals surface area contributed by atoms with Crippen LogP contribution in [0.1, 0.15) is 6.92 Å². The van der Waals surface area contributed by atoms with E-state index in [0.29, 0.717) is 44.5 Å². The highest BCUT2D eigenvalue weighted by Crippen LogP contribution is 2.21. The van der Waals surface area contributed by atoms with E-state index in [-0.39, 0.29) is 6.61 Å². The van der Waals surface area contributed by atoms with E-state index in [9.17, 15) is 0 Å². The van der Waals surface area contributed by atoms with Crippen molar-refractivity contribution in [2.45, 2.75) is 13.2 Å². The molecule has 27 heavy (non-hydrogen) atoms. The van der Waals surface area contributed by atoms with E-state index < -0.39 is 6.29 Å². The molecule has 2 rings (SSSR count). The van der Waals surface area contributed by atoms with Crippen molar-refractivity contribution in [3.05, 3.63) is 57.5 Å². The first-order chi connectivity index (χ1) is 13.2. The van der Waals surface area contributed by atoms with Gasteiger partial charge in [-0.25, -0.2) is 0 Å². The monoisotopic (exact) mass is 502 g/mol. The molecule has 5 nitrogen and oxygen atoms in total. The molecule has 0 saturated heterocycles. The Kier molecular flexibility index (Phi) is 10.8. The zero-order valence-electron chi connectivity index (χ0n) is 15.2. The molecular weight excluding hydrogens is 480 g/mol. The van der Waals surface area contributed by atoms with Gasteiger partial charge in [0, 0.05) is 15.6 Å². The van der Waals surface area contributed by atoms with Gasteiger partial charge in [-0.15, -0.1) is 0 Å². The minimum atomic E-state index is -0.573. The Morgan fingerprint density at radius 3 is 1.59 bits per heavy atom. The van der Waals surface area contributed by atoms with Gasteiger partial charge in [0.1, 0.15) is 18.1 Å². The van der Waals surface area contributed by atoms with Gasteiger partial charge in [-0.2, -0.15) is 0 Å². The molecule has 0 N–H and O–H groups in total. The topological polar surface area (TPSA) is 46.2 Å². The van der Waals surface area contributed by atoms with Crippen molar-refractivity contribution in [3.8, 4) is 11.5 Å². The Morgan fingerprint density at radius 1 is 0.667 bits per heavy atom. The first kappa shape index (κ1) is 22.2. The molecule has 0 fully saturated rings. The van der Waals surface area contributed by atoms with Crippen LogP contribution >= 0.6 is 31.9 Å². The fourth-order valence-corrected chi connectivity index (χ4v) is 2.61. The summed E-state index contributed by atoms with van der Waals surface area (Å²) < 4.78 is 30.1. The number of ether oxygens (including phenoxy) is 5. The third-order valence-electron chi connectivity index (χ3n) is 3.36. The maximum Gasteiger partial charge on any atom is 0.264 e. The Hall–Kier alpha value is -1.12. The summed E-state index contributed by atoms with van der Waals surface area (Å²) >= 11 is 6.83. The van der Waals surface area contributed by atoms with Crippen molar-refractivity contribution < 1.29 is 23.7 Å². The van der Waals surface area contributed by atoms with Crippen LogP contribution < -0.4 is 9.47 Å². The molecule has 0 heterocycles. The molecule has 7 heteroatoms. The van der Waals surface area contributed by atoms with Crippen LogP contribution in [0.3, 0.4) is 0 Å². The number of halogens is 2. The lowest BCUT2D eigenvalue weighted by Crippen LogP contribution is -2.30. The first-order valence-electron chi connectivity index (χ1n) is 8.75. The minimum absolute atomic E-state index is 0.279. The summed E-state index contributed by atoms with van der Waals surface area (Å²) in [7, 11) is 0. The minimum Gasteiger partial charge on any atom is -0.452 e. The number of benzene rings is 2. The predicted molar refractivity (Wildman–Crippen MR) is 111 cm³/mol. The molecule has 0 unspecified atom stereocenters. The standard InChI is InChI=1S/C20H24Br2O5/c1-2-23-11-12-24-13-14-25-15-20(26-18-7-3-16(21)4-8-18)27-19-9-5-17(22)6-10-19/h3-10,20H,2,11-15H2,1H3. The van der Waals surface area contributed by atoms with Crippen LogP contribution in [0.4, 0.5) is 0 Å². The van der Waals surface area contributed by atoms with Crippen LogP contribution in [0.25, 0.3) is 0 Å². The fraction of sp³-hybridized carbons (Fsp3) is 0.400. The molecule has 0 aromatic heterocycles. The Labute approximate surface area is 177 Å². The van der Waals surface area contributed by atoms with Crippen molar-refractivity contribution in [3.63, 3.8) is 0 Å². The quantitative estimate of drug-likeness (QED) is 0.282.